The second-order valence-corrected chi connectivity index (χ2v) is 31.1. The fraction of sp³-hybridized carbons (Fsp3) is 0.948. The lowest BCUT2D eigenvalue weighted by atomic mass is 10.00. The maximum atomic E-state index is 13.1. The number of ether oxygens (including phenoxy) is 4. The Hall–Kier alpha value is -1.94. The second-order valence-electron chi connectivity index (χ2n) is 28.2. The zero-order chi connectivity index (χ0) is 70.7. The van der Waals surface area contributed by atoms with Crippen LogP contribution in [-0.2, 0) is 65.4 Å². The summed E-state index contributed by atoms with van der Waals surface area (Å²) in [4.78, 5) is 72.8. The number of aliphatic hydroxyl groups is 1. The summed E-state index contributed by atoms with van der Waals surface area (Å²) in [6, 6.07) is 0. The van der Waals surface area contributed by atoms with Crippen molar-refractivity contribution in [2.75, 3.05) is 39.6 Å². The molecule has 0 aromatic heterocycles. The molecule has 570 valence electrons. The quantitative estimate of drug-likeness (QED) is 0.0222. The summed E-state index contributed by atoms with van der Waals surface area (Å²) in [5.74, 6) is -0.668. The van der Waals surface area contributed by atoms with Crippen molar-refractivity contribution in [3.05, 3.63) is 0 Å². The van der Waals surface area contributed by atoms with Crippen molar-refractivity contribution in [1.82, 2.24) is 0 Å². The van der Waals surface area contributed by atoms with Crippen LogP contribution in [0.15, 0.2) is 0 Å². The highest BCUT2D eigenvalue weighted by molar-refractivity contribution is 7.47. The SMILES string of the molecule is CCCCCCCCCCCCCCCCCCCCCC(=O)O[C@H](COC(=O)CCCCCCCCCCCCCCCCCCC)COP(=O)(O)OC[C@@H](O)COP(=O)(O)OC[C@@H](COC(=O)CCCCCCCCC(C)CC)OC(=O)CCCCCCCCC(C)CC. The van der Waals surface area contributed by atoms with Crippen LogP contribution in [0, 0.1) is 11.8 Å². The van der Waals surface area contributed by atoms with Crippen LogP contribution < -0.4 is 0 Å². The van der Waals surface area contributed by atoms with Gasteiger partial charge in [-0.3, -0.25) is 37.3 Å². The number of unbranched alkanes of at least 4 members (excludes halogenated alkanes) is 44. The molecule has 0 heterocycles. The minimum Gasteiger partial charge on any atom is -0.462 e. The average molecular weight is 1410 g/mol. The van der Waals surface area contributed by atoms with Gasteiger partial charge < -0.3 is 33.8 Å². The van der Waals surface area contributed by atoms with Gasteiger partial charge in [0.15, 0.2) is 12.2 Å². The number of rotatable bonds is 76. The molecule has 0 aliphatic rings. The highest BCUT2D eigenvalue weighted by Gasteiger charge is 2.30. The Balaban J connectivity index is 5.22. The van der Waals surface area contributed by atoms with E-state index in [1.54, 1.807) is 0 Å². The van der Waals surface area contributed by atoms with Crippen LogP contribution in [0.4, 0.5) is 0 Å². The van der Waals surface area contributed by atoms with E-state index in [0.717, 1.165) is 108 Å². The number of carbonyl (C=O) groups is 4. The molecule has 0 aliphatic heterocycles. The third-order valence-electron chi connectivity index (χ3n) is 18.7. The molecule has 0 amide bonds. The summed E-state index contributed by atoms with van der Waals surface area (Å²) in [5, 5.41) is 10.6. The minimum absolute atomic E-state index is 0.102. The Bertz CT molecular complexity index is 1860. The van der Waals surface area contributed by atoms with Crippen molar-refractivity contribution in [3.63, 3.8) is 0 Å². The van der Waals surface area contributed by atoms with Crippen LogP contribution in [0.2, 0.25) is 0 Å². The third kappa shape index (κ3) is 67.9. The van der Waals surface area contributed by atoms with Gasteiger partial charge in [-0.05, 0) is 37.5 Å². The van der Waals surface area contributed by atoms with E-state index in [4.69, 9.17) is 37.0 Å². The van der Waals surface area contributed by atoms with Crippen molar-refractivity contribution in [2.24, 2.45) is 11.8 Å². The van der Waals surface area contributed by atoms with E-state index in [1.807, 2.05) is 0 Å². The molecule has 0 aromatic rings. The minimum atomic E-state index is -4.96. The third-order valence-corrected chi connectivity index (χ3v) is 20.6. The first-order valence-electron chi connectivity index (χ1n) is 40.1. The molecule has 0 radical (unpaired) electrons. The van der Waals surface area contributed by atoms with E-state index in [-0.39, 0.29) is 25.7 Å². The number of hydrogen-bond donors (Lipinski definition) is 3. The van der Waals surface area contributed by atoms with Crippen LogP contribution in [0.5, 0.6) is 0 Å². The number of aliphatic hydroxyl groups excluding tert-OH is 1. The molecule has 0 aliphatic carbocycles. The number of carbonyl (C=O) groups excluding carboxylic acids is 4. The van der Waals surface area contributed by atoms with Crippen molar-refractivity contribution >= 4 is 39.5 Å². The predicted octanol–water partition coefficient (Wildman–Crippen LogP) is 22.7. The first-order chi connectivity index (χ1) is 46.4. The Morgan fingerprint density at radius 3 is 0.740 bits per heavy atom. The van der Waals surface area contributed by atoms with Gasteiger partial charge in [0.25, 0.3) is 0 Å². The van der Waals surface area contributed by atoms with Crippen LogP contribution in [0.3, 0.4) is 0 Å². The van der Waals surface area contributed by atoms with Gasteiger partial charge in [-0.25, -0.2) is 9.13 Å². The molecule has 17 nitrogen and oxygen atoms in total. The number of phosphoric acid groups is 2. The average Bonchev–Trinajstić information content (AvgIpc) is 1.63. The number of phosphoric ester groups is 2. The maximum absolute atomic E-state index is 13.1. The molecular weight excluding hydrogens is 1260 g/mol. The Labute approximate surface area is 588 Å². The van der Waals surface area contributed by atoms with Crippen molar-refractivity contribution < 1.29 is 80.2 Å². The lowest BCUT2D eigenvalue weighted by Crippen LogP contribution is -2.30. The molecule has 0 saturated carbocycles. The highest BCUT2D eigenvalue weighted by atomic mass is 31.2. The first kappa shape index (κ1) is 94.1. The summed E-state index contributed by atoms with van der Waals surface area (Å²) in [7, 11) is -9.91. The number of esters is 4. The monoisotopic (exact) mass is 1410 g/mol. The summed E-state index contributed by atoms with van der Waals surface area (Å²) in [5.41, 5.74) is 0. The number of hydrogen-bond acceptors (Lipinski definition) is 15. The van der Waals surface area contributed by atoms with Crippen molar-refractivity contribution in [2.45, 2.75) is 419 Å². The van der Waals surface area contributed by atoms with E-state index in [2.05, 4.69) is 41.5 Å². The van der Waals surface area contributed by atoms with Crippen molar-refractivity contribution in [1.29, 1.82) is 0 Å². The molecule has 4 unspecified atom stereocenters. The second kappa shape index (κ2) is 68.8. The summed E-state index contributed by atoms with van der Waals surface area (Å²) >= 11 is 0. The standard InChI is InChI=1S/C77H150O17P2/c1-7-11-13-15-17-19-21-23-25-27-28-30-32-34-36-38-40-49-55-61-76(81)93-72(65-87-74(79)59-53-47-39-37-35-33-31-29-26-24-22-20-18-16-14-12-8-2)67-91-95(83,84)89-63-71(78)64-90-96(85,86)92-68-73(94-77(82)62-56-50-44-42-46-52-58-70(6)10-4)66-88-75(80)60-54-48-43-41-45-51-57-69(5)9-3/h69-73,78H,7-68H2,1-6H3,(H,83,84)(H,85,86)/t69?,70?,71-,72-,73-/m1/s1. The zero-order valence-corrected chi connectivity index (χ0v) is 64.5. The molecule has 7 atom stereocenters. The molecule has 96 heavy (non-hydrogen) atoms. The lowest BCUT2D eigenvalue weighted by molar-refractivity contribution is -0.161. The molecule has 0 aromatic carbocycles. The van der Waals surface area contributed by atoms with Gasteiger partial charge in [-0.1, -0.05) is 350 Å². The highest BCUT2D eigenvalue weighted by Crippen LogP contribution is 2.45. The summed E-state index contributed by atoms with van der Waals surface area (Å²) in [6.45, 7) is 9.51. The Kier molecular flexibility index (Phi) is 67.4. The van der Waals surface area contributed by atoms with Crippen LogP contribution in [0.25, 0.3) is 0 Å². The molecule has 0 bridgehead atoms. The van der Waals surface area contributed by atoms with Crippen LogP contribution >= 0.6 is 15.6 Å². The molecule has 19 heteroatoms. The van der Waals surface area contributed by atoms with Crippen molar-refractivity contribution in [3.8, 4) is 0 Å². The van der Waals surface area contributed by atoms with E-state index >= 15 is 0 Å². The molecular formula is C77H150O17P2. The molecule has 0 saturated heterocycles. The van der Waals surface area contributed by atoms with Gasteiger partial charge in [0.05, 0.1) is 26.4 Å². The summed E-state index contributed by atoms with van der Waals surface area (Å²) < 4.78 is 68.5. The van der Waals surface area contributed by atoms with Gasteiger partial charge in [-0.15, -0.1) is 0 Å². The van der Waals surface area contributed by atoms with E-state index in [1.165, 1.54) is 212 Å². The maximum Gasteiger partial charge on any atom is 0.472 e. The zero-order valence-electron chi connectivity index (χ0n) is 62.7. The van der Waals surface area contributed by atoms with E-state index < -0.39 is 97.5 Å². The largest absolute Gasteiger partial charge is 0.472 e. The molecule has 3 N–H and O–H groups in total. The topological polar surface area (TPSA) is 237 Å². The van der Waals surface area contributed by atoms with Gasteiger partial charge in [0, 0.05) is 25.7 Å². The smallest absolute Gasteiger partial charge is 0.462 e. The van der Waals surface area contributed by atoms with E-state index in [9.17, 15) is 43.2 Å². The van der Waals surface area contributed by atoms with Gasteiger partial charge in [0.2, 0.25) is 0 Å². The molecule has 0 spiro atoms. The molecule has 0 rings (SSSR count). The molecule has 0 fully saturated rings. The first-order valence-corrected chi connectivity index (χ1v) is 43.1. The van der Waals surface area contributed by atoms with Gasteiger partial charge in [0.1, 0.15) is 19.3 Å². The van der Waals surface area contributed by atoms with Crippen LogP contribution in [-0.4, -0.2) is 96.7 Å². The summed E-state index contributed by atoms with van der Waals surface area (Å²) in [6.07, 6.45) is 57.1. The Morgan fingerprint density at radius 1 is 0.292 bits per heavy atom. The van der Waals surface area contributed by atoms with E-state index in [0.29, 0.717) is 25.7 Å². The van der Waals surface area contributed by atoms with Crippen LogP contribution in [0.1, 0.15) is 401 Å². The lowest BCUT2D eigenvalue weighted by Gasteiger charge is -2.21. The van der Waals surface area contributed by atoms with Gasteiger partial charge in [-0.2, -0.15) is 0 Å². The fourth-order valence-corrected chi connectivity index (χ4v) is 13.3. The predicted molar refractivity (Wildman–Crippen MR) is 391 cm³/mol. The fourth-order valence-electron chi connectivity index (χ4n) is 11.8. The normalized spacial score (nSPS) is 14.6. The van der Waals surface area contributed by atoms with Gasteiger partial charge >= 0.3 is 39.5 Å². The Morgan fingerprint density at radius 2 is 0.500 bits per heavy atom.